The van der Waals surface area contributed by atoms with Crippen molar-refractivity contribution in [3.05, 3.63) is 108 Å². The molecule has 5 rings (SSSR count). The Labute approximate surface area is 188 Å². The smallest absolute Gasteiger partial charge is 0.238 e. The molecule has 3 aromatic carbocycles. The molecule has 0 unspecified atom stereocenters. The summed E-state index contributed by atoms with van der Waals surface area (Å²) in [5.74, 6) is -0.695. The predicted molar refractivity (Wildman–Crippen MR) is 125 cm³/mol. The van der Waals surface area contributed by atoms with Gasteiger partial charge in [0.2, 0.25) is 11.8 Å². The molecule has 0 radical (unpaired) electrons. The molecule has 2 amide bonds. The van der Waals surface area contributed by atoms with E-state index in [1.54, 1.807) is 12.1 Å². The number of benzene rings is 3. The van der Waals surface area contributed by atoms with Crippen molar-refractivity contribution in [2.75, 3.05) is 11.5 Å². The van der Waals surface area contributed by atoms with Gasteiger partial charge in [-0.1, -0.05) is 72.8 Å². The summed E-state index contributed by atoms with van der Waals surface area (Å²) in [4.78, 5) is 28.9. The molecule has 0 bridgehead atoms. The first-order valence-corrected chi connectivity index (χ1v) is 11.1. The van der Waals surface area contributed by atoms with Gasteiger partial charge in [0, 0.05) is 11.8 Å². The predicted octanol–water partition coefficient (Wildman–Crippen LogP) is 5.33. The van der Waals surface area contributed by atoms with Gasteiger partial charge in [0.25, 0.3) is 0 Å². The van der Waals surface area contributed by atoms with Gasteiger partial charge in [-0.3, -0.25) is 9.59 Å². The molecule has 4 nitrogen and oxygen atoms in total. The molecule has 1 aliphatic carbocycles. The lowest BCUT2D eigenvalue weighted by Crippen LogP contribution is -2.31. The van der Waals surface area contributed by atoms with Gasteiger partial charge in [-0.2, -0.15) is 0 Å². The van der Waals surface area contributed by atoms with E-state index in [9.17, 15) is 9.59 Å². The third-order valence-electron chi connectivity index (χ3n) is 6.47. The second kappa shape index (κ2) is 8.46. The van der Waals surface area contributed by atoms with Crippen LogP contribution in [-0.2, 0) is 9.59 Å². The molecular formula is C28H25NO3. The van der Waals surface area contributed by atoms with E-state index in [0.717, 1.165) is 16.9 Å². The third-order valence-corrected chi connectivity index (χ3v) is 6.47. The lowest BCUT2D eigenvalue weighted by atomic mass is 9.68. The lowest BCUT2D eigenvalue weighted by Gasteiger charge is -2.32. The van der Waals surface area contributed by atoms with Crippen molar-refractivity contribution in [3.63, 3.8) is 0 Å². The monoisotopic (exact) mass is 423 g/mol. The highest BCUT2D eigenvalue weighted by molar-refractivity contribution is 6.23. The first kappa shape index (κ1) is 20.3. The normalized spacial score (nSPS) is 24.5. The van der Waals surface area contributed by atoms with E-state index < -0.39 is 11.8 Å². The minimum absolute atomic E-state index is 0.134. The van der Waals surface area contributed by atoms with Crippen LogP contribution < -0.4 is 9.64 Å². The number of allylic oxidation sites excluding steroid dienone is 2. The zero-order valence-electron chi connectivity index (χ0n) is 17.9. The minimum atomic E-state index is -0.438. The van der Waals surface area contributed by atoms with Gasteiger partial charge >= 0.3 is 0 Å². The highest BCUT2D eigenvalue weighted by Gasteiger charge is 2.55. The number of imide groups is 1. The fraction of sp³-hybridized carbons (Fsp3) is 0.214. The molecule has 0 spiro atoms. The Morgan fingerprint density at radius 1 is 0.688 bits per heavy atom. The van der Waals surface area contributed by atoms with Gasteiger partial charge in [-0.15, -0.1) is 0 Å². The summed E-state index contributed by atoms with van der Waals surface area (Å²) in [6.45, 7) is 2.49. The summed E-state index contributed by atoms with van der Waals surface area (Å²) in [5.41, 5.74) is 2.70. The first-order chi connectivity index (χ1) is 15.7. The van der Waals surface area contributed by atoms with Crippen molar-refractivity contribution >= 4 is 17.5 Å². The number of hydrogen-bond donors (Lipinski definition) is 0. The fourth-order valence-electron chi connectivity index (χ4n) is 5.05. The average molecular weight is 424 g/mol. The van der Waals surface area contributed by atoms with Crippen LogP contribution in [0.3, 0.4) is 0 Å². The molecule has 3 aromatic rings. The van der Waals surface area contributed by atoms with Crippen LogP contribution in [0.25, 0.3) is 0 Å². The lowest BCUT2D eigenvalue weighted by molar-refractivity contribution is -0.122. The van der Waals surface area contributed by atoms with Crippen LogP contribution in [0.15, 0.2) is 97.1 Å². The highest BCUT2D eigenvalue weighted by atomic mass is 16.5. The zero-order chi connectivity index (χ0) is 22.1. The van der Waals surface area contributed by atoms with Crippen molar-refractivity contribution in [2.45, 2.75) is 18.8 Å². The molecule has 32 heavy (non-hydrogen) atoms. The summed E-state index contributed by atoms with van der Waals surface area (Å²) >= 11 is 0. The zero-order valence-corrected chi connectivity index (χ0v) is 17.9. The first-order valence-electron chi connectivity index (χ1n) is 11.1. The molecule has 160 valence electrons. The van der Waals surface area contributed by atoms with Crippen LogP contribution in [0.2, 0.25) is 0 Å². The topological polar surface area (TPSA) is 46.6 Å². The molecule has 0 N–H and O–H groups in total. The Morgan fingerprint density at radius 2 is 1.16 bits per heavy atom. The Balaban J connectivity index is 1.58. The van der Waals surface area contributed by atoms with E-state index in [1.807, 2.05) is 79.7 Å². The molecule has 2 aliphatic rings. The Hall–Kier alpha value is -3.66. The summed E-state index contributed by atoms with van der Waals surface area (Å²) in [5, 5.41) is 0. The molecule has 1 saturated heterocycles. The molecule has 0 saturated carbocycles. The van der Waals surface area contributed by atoms with Crippen molar-refractivity contribution in [2.24, 2.45) is 11.8 Å². The van der Waals surface area contributed by atoms with Gasteiger partial charge in [0.15, 0.2) is 0 Å². The maximum absolute atomic E-state index is 13.8. The van der Waals surface area contributed by atoms with Crippen LogP contribution in [0.5, 0.6) is 5.75 Å². The summed E-state index contributed by atoms with van der Waals surface area (Å²) in [7, 11) is 0. The number of rotatable bonds is 5. The van der Waals surface area contributed by atoms with Gasteiger partial charge in [-0.05, 0) is 42.3 Å². The van der Waals surface area contributed by atoms with Crippen molar-refractivity contribution < 1.29 is 14.3 Å². The number of fused-ring (bicyclic) bond motifs is 1. The second-order valence-electron chi connectivity index (χ2n) is 8.25. The number of hydrogen-bond acceptors (Lipinski definition) is 3. The van der Waals surface area contributed by atoms with E-state index in [0.29, 0.717) is 12.3 Å². The maximum Gasteiger partial charge on any atom is 0.238 e. The van der Waals surface area contributed by atoms with Crippen molar-refractivity contribution in [1.29, 1.82) is 0 Å². The van der Waals surface area contributed by atoms with Crippen LogP contribution in [0.4, 0.5) is 5.69 Å². The summed E-state index contributed by atoms with van der Waals surface area (Å²) in [6.07, 6.45) is 4.22. The van der Waals surface area contributed by atoms with E-state index in [1.165, 1.54) is 4.90 Å². The van der Waals surface area contributed by atoms with Gasteiger partial charge in [0.05, 0.1) is 24.1 Å². The molecule has 4 heteroatoms. The summed E-state index contributed by atoms with van der Waals surface area (Å²) in [6, 6.07) is 27.2. The fourth-order valence-corrected chi connectivity index (χ4v) is 5.05. The Bertz CT molecular complexity index is 1070. The third kappa shape index (κ3) is 3.42. The van der Waals surface area contributed by atoms with Crippen LogP contribution in [-0.4, -0.2) is 18.4 Å². The minimum Gasteiger partial charge on any atom is -0.494 e. The van der Waals surface area contributed by atoms with Crippen LogP contribution >= 0.6 is 0 Å². The maximum atomic E-state index is 13.8. The van der Waals surface area contributed by atoms with Crippen molar-refractivity contribution in [3.8, 4) is 5.75 Å². The van der Waals surface area contributed by atoms with Crippen LogP contribution in [0.1, 0.15) is 29.9 Å². The SMILES string of the molecule is CCOc1ccc(N2C(=O)[C@H]3[C@H](C2=O)[C@H](c2ccccc2)C=C[C@@H]3c2ccccc2)cc1. The number of carbonyl (C=O) groups excluding carboxylic acids is 2. The van der Waals surface area contributed by atoms with E-state index in [4.69, 9.17) is 4.74 Å². The summed E-state index contributed by atoms with van der Waals surface area (Å²) < 4.78 is 5.52. The molecule has 4 atom stereocenters. The van der Waals surface area contributed by atoms with Gasteiger partial charge < -0.3 is 4.74 Å². The highest BCUT2D eigenvalue weighted by Crippen LogP contribution is 2.50. The van der Waals surface area contributed by atoms with Gasteiger partial charge in [-0.25, -0.2) is 4.90 Å². The van der Waals surface area contributed by atoms with Crippen molar-refractivity contribution in [1.82, 2.24) is 0 Å². The molecule has 1 heterocycles. The quantitative estimate of drug-likeness (QED) is 0.412. The van der Waals surface area contributed by atoms with Gasteiger partial charge in [0.1, 0.15) is 5.75 Å². The van der Waals surface area contributed by atoms with E-state index >= 15 is 0 Å². The van der Waals surface area contributed by atoms with E-state index in [2.05, 4.69) is 12.2 Å². The number of nitrogens with zero attached hydrogens (tertiary/aromatic N) is 1. The number of amides is 2. The number of carbonyl (C=O) groups is 2. The average Bonchev–Trinajstić information content (AvgIpc) is 3.11. The Morgan fingerprint density at radius 3 is 1.59 bits per heavy atom. The largest absolute Gasteiger partial charge is 0.494 e. The van der Waals surface area contributed by atoms with Crippen LogP contribution in [0, 0.1) is 11.8 Å². The molecule has 1 fully saturated rings. The number of anilines is 1. The molecular weight excluding hydrogens is 398 g/mol. The Kier molecular flexibility index (Phi) is 5.36. The standard InChI is InChI=1S/C28H25NO3/c1-2-32-22-15-13-21(14-16-22)29-27(30)25-23(19-9-5-3-6-10-19)17-18-24(26(25)28(29)31)20-11-7-4-8-12-20/h3-18,23-26H,2H2,1H3/t23-,24+,25-,26-/m1/s1. The molecule has 1 aliphatic heterocycles. The number of ether oxygens (including phenoxy) is 1. The molecule has 0 aromatic heterocycles. The van der Waals surface area contributed by atoms with E-state index in [-0.39, 0.29) is 23.7 Å². The second-order valence-corrected chi connectivity index (χ2v) is 8.25.